The van der Waals surface area contributed by atoms with Crippen LogP contribution in [0.25, 0.3) is 0 Å². The Labute approximate surface area is 94.0 Å². The summed E-state index contributed by atoms with van der Waals surface area (Å²) in [6.45, 7) is 10.5. The molecule has 1 heterocycles. The lowest BCUT2D eigenvalue weighted by Crippen LogP contribution is -2.55. The fourth-order valence-electron chi connectivity index (χ4n) is 2.18. The van der Waals surface area contributed by atoms with Crippen LogP contribution in [0.15, 0.2) is 0 Å². The first-order chi connectivity index (χ1) is 7.11. The summed E-state index contributed by atoms with van der Waals surface area (Å²) in [6.07, 6.45) is 3.19. The molecule has 1 atom stereocenters. The van der Waals surface area contributed by atoms with Gasteiger partial charge < -0.3 is 10.5 Å². The molecule has 15 heavy (non-hydrogen) atoms. The Balaban J connectivity index is 2.48. The second kappa shape index (κ2) is 5.83. The molecule has 3 heteroatoms. The zero-order chi connectivity index (χ0) is 11.3. The summed E-state index contributed by atoms with van der Waals surface area (Å²) < 4.78 is 5.37. The predicted molar refractivity (Wildman–Crippen MR) is 64.0 cm³/mol. The molecule has 1 aliphatic heterocycles. The zero-order valence-electron chi connectivity index (χ0n) is 10.5. The lowest BCUT2D eigenvalue weighted by molar-refractivity contribution is 0.0322. The second-order valence-corrected chi connectivity index (χ2v) is 4.80. The van der Waals surface area contributed by atoms with Gasteiger partial charge in [-0.25, -0.2) is 0 Å². The Morgan fingerprint density at radius 2 is 1.93 bits per heavy atom. The molecule has 1 fully saturated rings. The van der Waals surface area contributed by atoms with E-state index in [0.717, 1.165) is 39.1 Å². The molecular formula is C12H26N2O. The maximum absolute atomic E-state index is 6.41. The van der Waals surface area contributed by atoms with E-state index in [0.29, 0.717) is 6.04 Å². The first-order valence-corrected chi connectivity index (χ1v) is 6.22. The molecule has 90 valence electrons. The van der Waals surface area contributed by atoms with Gasteiger partial charge in [0.15, 0.2) is 0 Å². The Hall–Kier alpha value is -0.120. The molecule has 1 saturated heterocycles. The van der Waals surface area contributed by atoms with Crippen molar-refractivity contribution in [2.24, 2.45) is 5.73 Å². The van der Waals surface area contributed by atoms with E-state index in [2.05, 4.69) is 25.7 Å². The minimum absolute atomic E-state index is 0.0162. The van der Waals surface area contributed by atoms with Gasteiger partial charge in [-0.1, -0.05) is 13.8 Å². The third-order valence-corrected chi connectivity index (χ3v) is 3.63. The topological polar surface area (TPSA) is 38.5 Å². The molecule has 0 bridgehead atoms. The van der Waals surface area contributed by atoms with Crippen LogP contribution in [0.1, 0.15) is 40.0 Å². The molecule has 0 aliphatic carbocycles. The molecule has 0 aromatic heterocycles. The van der Waals surface area contributed by atoms with Crippen LogP contribution in [-0.4, -0.2) is 42.8 Å². The van der Waals surface area contributed by atoms with E-state index < -0.39 is 0 Å². The maximum atomic E-state index is 6.41. The number of hydrogen-bond donors (Lipinski definition) is 1. The van der Waals surface area contributed by atoms with Crippen LogP contribution in [0.4, 0.5) is 0 Å². The summed E-state index contributed by atoms with van der Waals surface area (Å²) >= 11 is 0. The summed E-state index contributed by atoms with van der Waals surface area (Å²) in [4.78, 5) is 2.49. The Morgan fingerprint density at radius 1 is 1.33 bits per heavy atom. The number of nitrogens with two attached hydrogens (primary N) is 1. The van der Waals surface area contributed by atoms with Crippen molar-refractivity contribution in [2.45, 2.75) is 51.6 Å². The maximum Gasteiger partial charge on any atom is 0.0484 e. The van der Waals surface area contributed by atoms with Crippen molar-refractivity contribution in [1.29, 1.82) is 0 Å². The normalized spacial score (nSPS) is 23.0. The van der Waals surface area contributed by atoms with Crippen LogP contribution in [0.2, 0.25) is 0 Å². The van der Waals surface area contributed by atoms with Gasteiger partial charge in [0.05, 0.1) is 0 Å². The monoisotopic (exact) mass is 214 g/mol. The van der Waals surface area contributed by atoms with E-state index in [1.165, 1.54) is 6.42 Å². The van der Waals surface area contributed by atoms with Gasteiger partial charge in [0, 0.05) is 31.3 Å². The first kappa shape index (κ1) is 12.9. The lowest BCUT2D eigenvalue weighted by atomic mass is 9.90. The van der Waals surface area contributed by atoms with Gasteiger partial charge in [0.25, 0.3) is 0 Å². The van der Waals surface area contributed by atoms with Crippen molar-refractivity contribution in [1.82, 2.24) is 4.90 Å². The van der Waals surface area contributed by atoms with Crippen molar-refractivity contribution in [2.75, 3.05) is 26.3 Å². The lowest BCUT2D eigenvalue weighted by Gasteiger charge is -2.39. The van der Waals surface area contributed by atoms with Crippen molar-refractivity contribution in [3.8, 4) is 0 Å². The van der Waals surface area contributed by atoms with E-state index in [4.69, 9.17) is 10.5 Å². The number of ether oxygens (including phenoxy) is 1. The van der Waals surface area contributed by atoms with Gasteiger partial charge in [0.2, 0.25) is 0 Å². The largest absolute Gasteiger partial charge is 0.381 e. The van der Waals surface area contributed by atoms with E-state index in [1.807, 2.05) is 0 Å². The molecule has 1 rings (SSSR count). The standard InChI is InChI=1S/C12H26N2O/c1-4-11(3)14(5-2)10-12(13)6-8-15-9-7-12/h11H,4-10,13H2,1-3H3. The highest BCUT2D eigenvalue weighted by Gasteiger charge is 2.30. The summed E-state index contributed by atoms with van der Waals surface area (Å²) in [5, 5.41) is 0. The van der Waals surface area contributed by atoms with E-state index in [9.17, 15) is 0 Å². The molecular weight excluding hydrogens is 188 g/mol. The van der Waals surface area contributed by atoms with Gasteiger partial charge in [-0.3, -0.25) is 4.90 Å². The molecule has 2 N–H and O–H groups in total. The van der Waals surface area contributed by atoms with Crippen LogP contribution < -0.4 is 5.73 Å². The molecule has 0 aromatic carbocycles. The summed E-state index contributed by atoms with van der Waals surface area (Å²) in [5.74, 6) is 0. The van der Waals surface area contributed by atoms with E-state index in [1.54, 1.807) is 0 Å². The molecule has 3 nitrogen and oxygen atoms in total. The molecule has 0 saturated carbocycles. The minimum atomic E-state index is -0.0162. The quantitative estimate of drug-likeness (QED) is 0.755. The summed E-state index contributed by atoms with van der Waals surface area (Å²) in [6, 6.07) is 0.637. The van der Waals surface area contributed by atoms with E-state index in [-0.39, 0.29) is 5.54 Å². The Morgan fingerprint density at radius 3 is 2.40 bits per heavy atom. The average Bonchev–Trinajstić information content (AvgIpc) is 2.26. The fourth-order valence-corrected chi connectivity index (χ4v) is 2.18. The first-order valence-electron chi connectivity index (χ1n) is 6.22. The van der Waals surface area contributed by atoms with Crippen molar-refractivity contribution < 1.29 is 4.74 Å². The molecule has 1 aliphatic rings. The highest BCUT2D eigenvalue weighted by atomic mass is 16.5. The van der Waals surface area contributed by atoms with Gasteiger partial charge >= 0.3 is 0 Å². The molecule has 0 radical (unpaired) electrons. The van der Waals surface area contributed by atoms with Gasteiger partial charge in [-0.15, -0.1) is 0 Å². The third kappa shape index (κ3) is 3.74. The molecule has 0 spiro atoms. The molecule has 0 aromatic rings. The zero-order valence-corrected chi connectivity index (χ0v) is 10.5. The van der Waals surface area contributed by atoms with Gasteiger partial charge in [-0.05, 0) is 32.7 Å². The molecule has 0 amide bonds. The van der Waals surface area contributed by atoms with Crippen molar-refractivity contribution >= 4 is 0 Å². The van der Waals surface area contributed by atoms with Crippen LogP contribution in [-0.2, 0) is 4.74 Å². The Bertz CT molecular complexity index is 178. The Kier molecular flexibility index (Phi) is 5.03. The van der Waals surface area contributed by atoms with Crippen LogP contribution in [0, 0.1) is 0 Å². The number of nitrogens with zero attached hydrogens (tertiary/aromatic N) is 1. The third-order valence-electron chi connectivity index (χ3n) is 3.63. The smallest absolute Gasteiger partial charge is 0.0484 e. The summed E-state index contributed by atoms with van der Waals surface area (Å²) in [5.41, 5.74) is 6.39. The minimum Gasteiger partial charge on any atom is -0.381 e. The van der Waals surface area contributed by atoms with Crippen LogP contribution >= 0.6 is 0 Å². The number of rotatable bonds is 5. The van der Waals surface area contributed by atoms with Gasteiger partial charge in [-0.2, -0.15) is 0 Å². The highest BCUT2D eigenvalue weighted by molar-refractivity contribution is 4.90. The van der Waals surface area contributed by atoms with Crippen LogP contribution in [0.3, 0.4) is 0 Å². The van der Waals surface area contributed by atoms with E-state index >= 15 is 0 Å². The number of likely N-dealkylation sites (N-methyl/N-ethyl adjacent to an activating group) is 1. The number of hydrogen-bond acceptors (Lipinski definition) is 3. The molecule has 1 unspecified atom stereocenters. The van der Waals surface area contributed by atoms with Crippen molar-refractivity contribution in [3.05, 3.63) is 0 Å². The highest BCUT2D eigenvalue weighted by Crippen LogP contribution is 2.20. The van der Waals surface area contributed by atoms with Crippen molar-refractivity contribution in [3.63, 3.8) is 0 Å². The predicted octanol–water partition coefficient (Wildman–Crippen LogP) is 1.61. The fraction of sp³-hybridized carbons (Fsp3) is 1.00. The van der Waals surface area contributed by atoms with Gasteiger partial charge in [0.1, 0.15) is 0 Å². The van der Waals surface area contributed by atoms with Crippen LogP contribution in [0.5, 0.6) is 0 Å². The average molecular weight is 214 g/mol. The summed E-state index contributed by atoms with van der Waals surface area (Å²) in [7, 11) is 0. The SMILES string of the molecule is CCC(C)N(CC)CC1(N)CCOCC1. The second-order valence-electron chi connectivity index (χ2n) is 4.80.